The lowest BCUT2D eigenvalue weighted by atomic mass is 10.2. The third kappa shape index (κ3) is 6.23. The maximum Gasteiger partial charge on any atom is 0.252 e. The second-order valence-electron chi connectivity index (χ2n) is 5.42. The van der Waals surface area contributed by atoms with Crippen molar-refractivity contribution in [3.8, 4) is 0 Å². The number of hydrogen-bond donors (Lipinski definition) is 3. The summed E-state index contributed by atoms with van der Waals surface area (Å²) in [5.74, 6) is 0.315. The summed E-state index contributed by atoms with van der Waals surface area (Å²) in [6.07, 6.45) is 2.28. The third-order valence-corrected chi connectivity index (χ3v) is 3.29. The second kappa shape index (κ2) is 9.39. The minimum atomic E-state index is -0.164. The van der Waals surface area contributed by atoms with Gasteiger partial charge in [-0.25, -0.2) is 4.98 Å². The SMILES string of the molecule is COCCCNC(=O)c1ccc(Nc2cccc(NC(C)=O)c2)nc1. The highest BCUT2D eigenvalue weighted by Gasteiger charge is 2.06. The lowest BCUT2D eigenvalue weighted by molar-refractivity contribution is -0.114. The number of nitrogens with zero attached hydrogens (tertiary/aromatic N) is 1. The van der Waals surface area contributed by atoms with E-state index in [1.807, 2.05) is 12.1 Å². The number of benzene rings is 1. The van der Waals surface area contributed by atoms with Gasteiger partial charge in [0.1, 0.15) is 5.82 Å². The van der Waals surface area contributed by atoms with Gasteiger partial charge in [0.25, 0.3) is 5.91 Å². The average molecular weight is 342 g/mol. The predicted octanol–water partition coefficient (Wildman–Crippen LogP) is 2.55. The first kappa shape index (κ1) is 18.4. The van der Waals surface area contributed by atoms with Gasteiger partial charge in [0.05, 0.1) is 5.56 Å². The van der Waals surface area contributed by atoms with E-state index in [2.05, 4.69) is 20.9 Å². The van der Waals surface area contributed by atoms with Crippen molar-refractivity contribution in [1.29, 1.82) is 0 Å². The van der Waals surface area contributed by atoms with Crippen molar-refractivity contribution in [2.45, 2.75) is 13.3 Å². The fourth-order valence-electron chi connectivity index (χ4n) is 2.15. The molecule has 1 heterocycles. The number of nitrogens with one attached hydrogen (secondary N) is 3. The molecule has 0 radical (unpaired) electrons. The van der Waals surface area contributed by atoms with Gasteiger partial charge in [0.15, 0.2) is 0 Å². The predicted molar refractivity (Wildman–Crippen MR) is 97.1 cm³/mol. The molecule has 0 aliphatic heterocycles. The first-order chi connectivity index (χ1) is 12.1. The first-order valence-corrected chi connectivity index (χ1v) is 7.96. The lowest BCUT2D eigenvalue weighted by Gasteiger charge is -2.09. The number of anilines is 3. The maximum absolute atomic E-state index is 12.0. The van der Waals surface area contributed by atoms with E-state index in [0.717, 1.165) is 12.1 Å². The van der Waals surface area contributed by atoms with Gasteiger partial charge in [0, 0.05) is 44.8 Å². The summed E-state index contributed by atoms with van der Waals surface area (Å²) in [7, 11) is 1.63. The summed E-state index contributed by atoms with van der Waals surface area (Å²) in [6, 6.07) is 10.7. The third-order valence-electron chi connectivity index (χ3n) is 3.29. The molecule has 0 fully saturated rings. The Morgan fingerprint density at radius 1 is 1.16 bits per heavy atom. The molecule has 0 saturated carbocycles. The summed E-state index contributed by atoms with van der Waals surface area (Å²) < 4.78 is 4.94. The normalized spacial score (nSPS) is 10.2. The smallest absolute Gasteiger partial charge is 0.252 e. The van der Waals surface area contributed by atoms with Crippen LogP contribution in [0.3, 0.4) is 0 Å². The minimum Gasteiger partial charge on any atom is -0.385 e. The van der Waals surface area contributed by atoms with E-state index in [1.165, 1.54) is 13.1 Å². The largest absolute Gasteiger partial charge is 0.385 e. The lowest BCUT2D eigenvalue weighted by Crippen LogP contribution is -2.25. The van der Waals surface area contributed by atoms with Gasteiger partial charge in [-0.3, -0.25) is 9.59 Å². The zero-order chi connectivity index (χ0) is 18.1. The number of pyridine rings is 1. The fraction of sp³-hybridized carbons (Fsp3) is 0.278. The Morgan fingerprint density at radius 3 is 2.64 bits per heavy atom. The van der Waals surface area contributed by atoms with Gasteiger partial charge in [-0.1, -0.05) is 6.07 Å². The molecule has 0 unspecified atom stereocenters. The summed E-state index contributed by atoms with van der Waals surface area (Å²) in [5, 5.41) is 8.66. The van der Waals surface area contributed by atoms with E-state index in [-0.39, 0.29) is 11.8 Å². The van der Waals surface area contributed by atoms with Gasteiger partial charge >= 0.3 is 0 Å². The molecular formula is C18H22N4O3. The molecule has 0 aliphatic carbocycles. The molecule has 0 bridgehead atoms. The van der Waals surface area contributed by atoms with Crippen molar-refractivity contribution < 1.29 is 14.3 Å². The molecule has 132 valence electrons. The molecule has 0 saturated heterocycles. The van der Waals surface area contributed by atoms with Gasteiger partial charge in [-0.2, -0.15) is 0 Å². The molecule has 7 nitrogen and oxygen atoms in total. The Kier molecular flexibility index (Phi) is 6.91. The summed E-state index contributed by atoms with van der Waals surface area (Å²) in [5.41, 5.74) is 1.98. The molecule has 7 heteroatoms. The molecule has 1 aromatic carbocycles. The van der Waals surface area contributed by atoms with Crippen LogP contribution in [0.25, 0.3) is 0 Å². The summed E-state index contributed by atoms with van der Waals surface area (Å²) in [4.78, 5) is 27.3. The number of rotatable bonds is 8. The van der Waals surface area contributed by atoms with Crippen LogP contribution < -0.4 is 16.0 Å². The van der Waals surface area contributed by atoms with Crippen LogP contribution in [0.1, 0.15) is 23.7 Å². The van der Waals surface area contributed by atoms with Gasteiger partial charge in [-0.15, -0.1) is 0 Å². The zero-order valence-corrected chi connectivity index (χ0v) is 14.3. The highest BCUT2D eigenvalue weighted by molar-refractivity contribution is 5.94. The molecule has 1 aromatic heterocycles. The Morgan fingerprint density at radius 2 is 1.96 bits per heavy atom. The highest BCUT2D eigenvalue weighted by atomic mass is 16.5. The molecule has 2 aromatic rings. The van der Waals surface area contributed by atoms with E-state index in [0.29, 0.717) is 30.2 Å². The van der Waals surface area contributed by atoms with Crippen molar-refractivity contribution >= 4 is 29.0 Å². The Balaban J connectivity index is 1.94. The van der Waals surface area contributed by atoms with E-state index >= 15 is 0 Å². The van der Waals surface area contributed by atoms with E-state index < -0.39 is 0 Å². The number of hydrogen-bond acceptors (Lipinski definition) is 5. The van der Waals surface area contributed by atoms with Crippen LogP contribution in [0.15, 0.2) is 42.6 Å². The number of amides is 2. The van der Waals surface area contributed by atoms with Crippen molar-refractivity contribution in [1.82, 2.24) is 10.3 Å². The summed E-state index contributed by atoms with van der Waals surface area (Å²) in [6.45, 7) is 2.63. The molecule has 25 heavy (non-hydrogen) atoms. The van der Waals surface area contributed by atoms with Crippen LogP contribution >= 0.6 is 0 Å². The van der Waals surface area contributed by atoms with Crippen LogP contribution in [0.4, 0.5) is 17.2 Å². The van der Waals surface area contributed by atoms with Crippen LogP contribution in [0.5, 0.6) is 0 Å². The monoisotopic (exact) mass is 342 g/mol. The van der Waals surface area contributed by atoms with E-state index in [1.54, 1.807) is 31.4 Å². The van der Waals surface area contributed by atoms with Crippen LogP contribution in [-0.4, -0.2) is 37.1 Å². The maximum atomic E-state index is 12.0. The van der Waals surface area contributed by atoms with E-state index in [9.17, 15) is 9.59 Å². The number of carbonyl (C=O) groups excluding carboxylic acids is 2. The fourth-order valence-corrected chi connectivity index (χ4v) is 2.15. The van der Waals surface area contributed by atoms with Crippen LogP contribution in [0, 0.1) is 0 Å². The quantitative estimate of drug-likeness (QED) is 0.641. The molecular weight excluding hydrogens is 320 g/mol. The average Bonchev–Trinajstić information content (AvgIpc) is 2.59. The standard InChI is InChI=1S/C18H22N4O3/c1-13(23)21-15-5-3-6-16(11-15)22-17-8-7-14(12-20-17)18(24)19-9-4-10-25-2/h3,5-8,11-12H,4,9-10H2,1-2H3,(H,19,24)(H,20,22)(H,21,23). The number of ether oxygens (including phenoxy) is 1. The second-order valence-corrected chi connectivity index (χ2v) is 5.42. The number of carbonyl (C=O) groups is 2. The number of methoxy groups -OCH3 is 1. The molecule has 3 N–H and O–H groups in total. The molecule has 2 rings (SSSR count). The Bertz CT molecular complexity index is 717. The first-order valence-electron chi connectivity index (χ1n) is 7.96. The Hall–Kier alpha value is -2.93. The van der Waals surface area contributed by atoms with E-state index in [4.69, 9.17) is 4.74 Å². The van der Waals surface area contributed by atoms with Crippen molar-refractivity contribution in [2.75, 3.05) is 30.9 Å². The van der Waals surface area contributed by atoms with Gasteiger partial charge in [-0.05, 0) is 36.8 Å². The zero-order valence-electron chi connectivity index (χ0n) is 14.3. The van der Waals surface area contributed by atoms with Crippen LogP contribution in [-0.2, 0) is 9.53 Å². The van der Waals surface area contributed by atoms with Crippen molar-refractivity contribution in [3.63, 3.8) is 0 Å². The summed E-state index contributed by atoms with van der Waals surface area (Å²) >= 11 is 0. The molecule has 2 amide bonds. The Labute approximate surface area is 146 Å². The number of aromatic nitrogens is 1. The van der Waals surface area contributed by atoms with Gasteiger partial charge < -0.3 is 20.7 Å². The van der Waals surface area contributed by atoms with Crippen LogP contribution in [0.2, 0.25) is 0 Å². The topological polar surface area (TPSA) is 92.4 Å². The highest BCUT2D eigenvalue weighted by Crippen LogP contribution is 2.19. The molecule has 0 atom stereocenters. The van der Waals surface area contributed by atoms with Crippen molar-refractivity contribution in [2.24, 2.45) is 0 Å². The van der Waals surface area contributed by atoms with Gasteiger partial charge in [0.2, 0.25) is 5.91 Å². The molecule has 0 spiro atoms. The minimum absolute atomic E-state index is 0.129. The van der Waals surface area contributed by atoms with Crippen molar-refractivity contribution in [3.05, 3.63) is 48.2 Å². The molecule has 0 aliphatic rings.